The molecular formula is C25H25N3O3. The fourth-order valence-corrected chi connectivity index (χ4v) is 5.57. The average molecular weight is 415 g/mol. The van der Waals surface area contributed by atoms with Gasteiger partial charge < -0.3 is 9.84 Å². The van der Waals surface area contributed by atoms with Crippen LogP contribution in [0.3, 0.4) is 0 Å². The Labute approximate surface area is 181 Å². The van der Waals surface area contributed by atoms with Gasteiger partial charge in [0.15, 0.2) is 0 Å². The maximum atomic E-state index is 12.0. The molecule has 2 aromatic rings. The lowest BCUT2D eigenvalue weighted by molar-refractivity contribution is 0.0600. The Morgan fingerprint density at radius 1 is 1.19 bits per heavy atom. The van der Waals surface area contributed by atoms with Gasteiger partial charge in [-0.15, -0.1) is 0 Å². The molecule has 158 valence electrons. The van der Waals surface area contributed by atoms with Crippen LogP contribution in [0.15, 0.2) is 41.5 Å². The van der Waals surface area contributed by atoms with Gasteiger partial charge in [-0.2, -0.15) is 10.4 Å². The van der Waals surface area contributed by atoms with Gasteiger partial charge in [0.1, 0.15) is 11.8 Å². The number of benzene rings is 2. The van der Waals surface area contributed by atoms with Gasteiger partial charge in [0.2, 0.25) is 0 Å². The van der Waals surface area contributed by atoms with Gasteiger partial charge in [0, 0.05) is 17.5 Å². The van der Waals surface area contributed by atoms with Crippen LogP contribution in [0.1, 0.15) is 59.2 Å². The predicted octanol–water partition coefficient (Wildman–Crippen LogP) is 4.40. The number of ether oxygens (including phenoxy) is 1. The number of phenolic OH excluding ortho intramolecular Hbond substituents is 1. The van der Waals surface area contributed by atoms with Crippen LogP contribution in [0.25, 0.3) is 0 Å². The molecule has 1 N–H and O–H groups in total. The Hall–Kier alpha value is -3.33. The zero-order chi connectivity index (χ0) is 21.5. The number of hydrogen-bond donors (Lipinski definition) is 1. The molecule has 2 atom stereocenters. The molecule has 1 saturated carbocycles. The third kappa shape index (κ3) is 3.25. The molecule has 6 heteroatoms. The van der Waals surface area contributed by atoms with Gasteiger partial charge in [-0.05, 0) is 61.4 Å². The number of hydrogen-bond acceptors (Lipinski definition) is 6. The van der Waals surface area contributed by atoms with Gasteiger partial charge in [0.05, 0.1) is 35.7 Å². The number of aromatic hydroxyl groups is 1. The van der Waals surface area contributed by atoms with Crippen molar-refractivity contribution in [1.82, 2.24) is 0 Å². The quantitative estimate of drug-likeness (QED) is 0.751. The first kappa shape index (κ1) is 19.6. The Balaban J connectivity index is 1.57. The zero-order valence-corrected chi connectivity index (χ0v) is 17.5. The molecule has 2 aromatic carbocycles. The lowest BCUT2D eigenvalue weighted by Gasteiger charge is -2.34. The number of nitriles is 1. The van der Waals surface area contributed by atoms with Gasteiger partial charge in [-0.3, -0.25) is 5.01 Å². The van der Waals surface area contributed by atoms with Crippen LogP contribution in [0.2, 0.25) is 0 Å². The number of phenols is 1. The number of nitrogens with zero attached hydrogens (tertiary/aromatic N) is 3. The number of carbonyl (C=O) groups is 1. The number of carbonyl (C=O) groups excluding carboxylic acids is 1. The van der Waals surface area contributed by atoms with Gasteiger partial charge in [-0.1, -0.05) is 18.9 Å². The molecule has 0 aromatic heterocycles. The fourth-order valence-electron chi connectivity index (χ4n) is 5.57. The van der Waals surface area contributed by atoms with Crippen molar-refractivity contribution < 1.29 is 14.6 Å². The minimum Gasteiger partial charge on any atom is -0.506 e. The second kappa shape index (κ2) is 7.73. The van der Waals surface area contributed by atoms with Crippen molar-refractivity contribution in [2.75, 3.05) is 12.1 Å². The number of esters is 1. The third-order valence-electron chi connectivity index (χ3n) is 7.04. The first-order valence-electron chi connectivity index (χ1n) is 10.9. The molecule has 0 saturated heterocycles. The summed E-state index contributed by atoms with van der Waals surface area (Å²) in [5.41, 5.74) is 4.96. The molecule has 1 aliphatic heterocycles. The molecule has 6 nitrogen and oxygen atoms in total. The minimum absolute atomic E-state index is 0.0108. The monoisotopic (exact) mass is 415 g/mol. The molecule has 1 heterocycles. The first-order chi connectivity index (χ1) is 15.1. The molecule has 0 amide bonds. The summed E-state index contributed by atoms with van der Waals surface area (Å²) in [4.78, 5) is 12.0. The molecule has 5 rings (SSSR count). The summed E-state index contributed by atoms with van der Waals surface area (Å²) in [7, 11) is 1.40. The Bertz CT molecular complexity index is 1110. The number of rotatable bonds is 3. The smallest absolute Gasteiger partial charge is 0.337 e. The zero-order valence-electron chi connectivity index (χ0n) is 17.5. The van der Waals surface area contributed by atoms with Gasteiger partial charge in [0.25, 0.3) is 0 Å². The third-order valence-corrected chi connectivity index (χ3v) is 7.04. The summed E-state index contributed by atoms with van der Waals surface area (Å²) in [6.07, 6.45) is 6.76. The number of methoxy groups -OCH3 is 1. The van der Waals surface area contributed by atoms with Crippen molar-refractivity contribution >= 4 is 17.4 Å². The molecule has 1 fully saturated rings. The maximum absolute atomic E-state index is 12.0. The van der Waals surface area contributed by atoms with E-state index < -0.39 is 0 Å². The SMILES string of the molecule is COC(=O)c1ccc2c(c1)CCC1C2=NN(c2ccc(C#N)c(O)c2)C1C1CCCC1. The molecule has 0 radical (unpaired) electrons. The second-order valence-electron chi connectivity index (χ2n) is 8.69. The van der Waals surface area contributed by atoms with E-state index in [1.165, 1.54) is 32.8 Å². The van der Waals surface area contributed by atoms with Crippen LogP contribution in [0.4, 0.5) is 5.69 Å². The van der Waals surface area contributed by atoms with Crippen LogP contribution in [0.5, 0.6) is 5.75 Å². The number of aryl methyl sites for hydroxylation is 1. The van der Waals surface area contributed by atoms with Crippen molar-refractivity contribution in [3.05, 3.63) is 58.7 Å². The largest absolute Gasteiger partial charge is 0.506 e. The van der Waals surface area contributed by atoms with E-state index in [1.54, 1.807) is 12.1 Å². The normalized spacial score (nSPS) is 22.5. The summed E-state index contributed by atoms with van der Waals surface area (Å²) in [6, 6.07) is 13.2. The molecular weight excluding hydrogens is 390 g/mol. The van der Waals surface area contributed by atoms with E-state index in [2.05, 4.69) is 5.01 Å². The maximum Gasteiger partial charge on any atom is 0.337 e. The Morgan fingerprint density at radius 3 is 2.71 bits per heavy atom. The van der Waals surface area contributed by atoms with Crippen LogP contribution < -0.4 is 5.01 Å². The number of anilines is 1. The highest BCUT2D eigenvalue weighted by molar-refractivity contribution is 6.07. The lowest BCUT2D eigenvalue weighted by Crippen LogP contribution is -2.40. The van der Waals surface area contributed by atoms with E-state index in [-0.39, 0.29) is 23.3 Å². The molecule has 2 aliphatic carbocycles. The van der Waals surface area contributed by atoms with E-state index >= 15 is 0 Å². The standard InChI is InChI=1S/C25H25N3O3/c1-31-25(30)17-8-10-20-16(12-17)7-11-21-23(20)27-28(24(21)15-4-2-3-5-15)19-9-6-18(14-26)22(29)13-19/h6,8-10,12-13,15,21,24,29H,2-5,7,11H2,1H3. The van der Waals surface area contributed by atoms with E-state index in [9.17, 15) is 15.2 Å². The van der Waals surface area contributed by atoms with Gasteiger partial charge >= 0.3 is 5.97 Å². The van der Waals surface area contributed by atoms with E-state index in [0.29, 0.717) is 17.4 Å². The Morgan fingerprint density at radius 2 is 2.00 bits per heavy atom. The highest BCUT2D eigenvalue weighted by Gasteiger charge is 2.45. The van der Waals surface area contributed by atoms with Crippen molar-refractivity contribution in [2.24, 2.45) is 16.9 Å². The first-order valence-corrected chi connectivity index (χ1v) is 10.9. The Kier molecular flexibility index (Phi) is 4.90. The van der Waals surface area contributed by atoms with Crippen LogP contribution >= 0.6 is 0 Å². The molecule has 0 bridgehead atoms. The highest BCUT2D eigenvalue weighted by Crippen LogP contribution is 2.45. The van der Waals surface area contributed by atoms with Crippen molar-refractivity contribution in [2.45, 2.75) is 44.6 Å². The molecule has 3 aliphatic rings. The van der Waals surface area contributed by atoms with E-state index in [1.807, 2.05) is 30.3 Å². The van der Waals surface area contributed by atoms with Crippen LogP contribution in [0, 0.1) is 23.2 Å². The van der Waals surface area contributed by atoms with Crippen LogP contribution in [-0.2, 0) is 11.2 Å². The average Bonchev–Trinajstić information content (AvgIpc) is 3.45. The topological polar surface area (TPSA) is 85.9 Å². The number of hydrazone groups is 1. The highest BCUT2D eigenvalue weighted by atomic mass is 16.5. The summed E-state index contributed by atoms with van der Waals surface area (Å²) in [5.74, 6) is 0.539. The second-order valence-corrected chi connectivity index (χ2v) is 8.69. The van der Waals surface area contributed by atoms with Gasteiger partial charge in [-0.25, -0.2) is 4.79 Å². The summed E-state index contributed by atoms with van der Waals surface area (Å²) >= 11 is 0. The molecule has 2 unspecified atom stereocenters. The van der Waals surface area contributed by atoms with Crippen LogP contribution in [-0.4, -0.2) is 29.9 Å². The van der Waals surface area contributed by atoms with Crippen molar-refractivity contribution in [3.63, 3.8) is 0 Å². The summed E-state index contributed by atoms with van der Waals surface area (Å²) in [6.45, 7) is 0. The fraction of sp³-hybridized carbons (Fsp3) is 0.400. The summed E-state index contributed by atoms with van der Waals surface area (Å²) in [5, 5.41) is 26.6. The number of fused-ring (bicyclic) bond motifs is 3. The minimum atomic E-state index is -0.322. The summed E-state index contributed by atoms with van der Waals surface area (Å²) < 4.78 is 4.88. The van der Waals surface area contributed by atoms with Crippen molar-refractivity contribution in [3.8, 4) is 11.8 Å². The lowest BCUT2D eigenvalue weighted by atomic mass is 9.75. The molecule has 31 heavy (non-hydrogen) atoms. The van der Waals surface area contributed by atoms with Crippen molar-refractivity contribution in [1.29, 1.82) is 5.26 Å². The molecule has 0 spiro atoms. The van der Waals surface area contributed by atoms with E-state index in [4.69, 9.17) is 9.84 Å². The van der Waals surface area contributed by atoms with E-state index in [0.717, 1.165) is 35.4 Å². The predicted molar refractivity (Wildman–Crippen MR) is 117 cm³/mol.